The monoisotopic (exact) mass is 264 g/mol. The van der Waals surface area contributed by atoms with Gasteiger partial charge in [0.15, 0.2) is 0 Å². The van der Waals surface area contributed by atoms with E-state index in [1.165, 1.54) is 0 Å². The van der Waals surface area contributed by atoms with E-state index in [9.17, 15) is 5.11 Å². The van der Waals surface area contributed by atoms with E-state index in [4.69, 9.17) is 9.47 Å². The molecule has 1 aliphatic carbocycles. The summed E-state index contributed by atoms with van der Waals surface area (Å²) in [5, 5.41) is 11.1. The standard InChI is InChI=1S/C16H24O3/c1-11-9-15(2,3)10-16(11,17)13-7-6-12(18-4)8-14(13)19-5/h6-8,11,17H,9-10H2,1-5H3. The van der Waals surface area contributed by atoms with Crippen LogP contribution in [0.5, 0.6) is 11.5 Å². The Morgan fingerprint density at radius 2 is 1.89 bits per heavy atom. The lowest BCUT2D eigenvalue weighted by Crippen LogP contribution is -2.29. The number of methoxy groups -OCH3 is 2. The van der Waals surface area contributed by atoms with Crippen LogP contribution in [0.4, 0.5) is 0 Å². The van der Waals surface area contributed by atoms with Gasteiger partial charge in [0.05, 0.1) is 19.8 Å². The Morgan fingerprint density at radius 3 is 2.37 bits per heavy atom. The molecule has 2 unspecified atom stereocenters. The van der Waals surface area contributed by atoms with Crippen LogP contribution in [0, 0.1) is 11.3 Å². The van der Waals surface area contributed by atoms with Gasteiger partial charge < -0.3 is 14.6 Å². The summed E-state index contributed by atoms with van der Waals surface area (Å²) in [4.78, 5) is 0. The molecule has 3 nitrogen and oxygen atoms in total. The van der Waals surface area contributed by atoms with E-state index >= 15 is 0 Å². The maximum absolute atomic E-state index is 11.1. The molecule has 0 amide bonds. The summed E-state index contributed by atoms with van der Waals surface area (Å²) in [6.07, 6.45) is 1.77. The molecule has 0 saturated heterocycles. The molecule has 1 saturated carbocycles. The maximum atomic E-state index is 11.1. The van der Waals surface area contributed by atoms with E-state index in [0.29, 0.717) is 5.75 Å². The first-order chi connectivity index (χ1) is 8.82. The molecule has 3 heteroatoms. The summed E-state index contributed by atoms with van der Waals surface area (Å²) in [6, 6.07) is 5.65. The van der Waals surface area contributed by atoms with E-state index in [1.807, 2.05) is 18.2 Å². The molecule has 1 fully saturated rings. The average molecular weight is 264 g/mol. The molecular formula is C16H24O3. The smallest absolute Gasteiger partial charge is 0.128 e. The van der Waals surface area contributed by atoms with Gasteiger partial charge in [-0.2, -0.15) is 0 Å². The number of benzene rings is 1. The van der Waals surface area contributed by atoms with Crippen LogP contribution in [-0.4, -0.2) is 19.3 Å². The first-order valence-electron chi connectivity index (χ1n) is 6.77. The van der Waals surface area contributed by atoms with Gasteiger partial charge in [0.1, 0.15) is 11.5 Å². The van der Waals surface area contributed by atoms with Crippen molar-refractivity contribution in [1.82, 2.24) is 0 Å². The van der Waals surface area contributed by atoms with Crippen LogP contribution in [0.1, 0.15) is 39.2 Å². The fraction of sp³-hybridized carbons (Fsp3) is 0.625. The fourth-order valence-corrected chi connectivity index (χ4v) is 3.49. The second-order valence-corrected chi connectivity index (χ2v) is 6.44. The van der Waals surface area contributed by atoms with E-state index in [-0.39, 0.29) is 11.3 Å². The normalized spacial score (nSPS) is 29.3. The Labute approximate surface area is 115 Å². The van der Waals surface area contributed by atoms with Crippen molar-refractivity contribution in [2.75, 3.05) is 14.2 Å². The van der Waals surface area contributed by atoms with Crippen LogP contribution in [-0.2, 0) is 5.60 Å². The van der Waals surface area contributed by atoms with Crippen molar-refractivity contribution in [3.8, 4) is 11.5 Å². The van der Waals surface area contributed by atoms with Crippen molar-refractivity contribution in [3.63, 3.8) is 0 Å². The summed E-state index contributed by atoms with van der Waals surface area (Å²) in [5.41, 5.74) is 0.203. The zero-order chi connectivity index (χ0) is 14.3. The third kappa shape index (κ3) is 2.44. The maximum Gasteiger partial charge on any atom is 0.128 e. The molecule has 1 aliphatic rings. The summed E-state index contributed by atoms with van der Waals surface area (Å²) in [6.45, 7) is 6.52. The highest BCUT2D eigenvalue weighted by Crippen LogP contribution is 2.54. The van der Waals surface area contributed by atoms with Crippen molar-refractivity contribution < 1.29 is 14.6 Å². The molecule has 2 atom stereocenters. The number of aliphatic hydroxyl groups is 1. The van der Waals surface area contributed by atoms with Crippen LogP contribution in [0.3, 0.4) is 0 Å². The summed E-state index contributed by atoms with van der Waals surface area (Å²) in [7, 11) is 3.26. The van der Waals surface area contributed by atoms with Crippen LogP contribution in [0.2, 0.25) is 0 Å². The van der Waals surface area contributed by atoms with E-state index in [2.05, 4.69) is 20.8 Å². The van der Waals surface area contributed by atoms with Crippen molar-refractivity contribution in [2.45, 2.75) is 39.2 Å². The Hall–Kier alpha value is -1.22. The predicted octanol–water partition coefficient (Wildman–Crippen LogP) is 3.35. The lowest BCUT2D eigenvalue weighted by atomic mass is 9.83. The van der Waals surface area contributed by atoms with Gasteiger partial charge in [0.2, 0.25) is 0 Å². The third-order valence-corrected chi connectivity index (χ3v) is 4.30. The lowest BCUT2D eigenvalue weighted by molar-refractivity contribution is -0.00289. The Bertz CT molecular complexity index is 467. The minimum Gasteiger partial charge on any atom is -0.497 e. The molecule has 0 radical (unpaired) electrons. The van der Waals surface area contributed by atoms with Crippen LogP contribution >= 0.6 is 0 Å². The molecule has 0 aromatic heterocycles. The first-order valence-corrected chi connectivity index (χ1v) is 6.77. The van der Waals surface area contributed by atoms with Crippen molar-refractivity contribution in [2.24, 2.45) is 11.3 Å². The van der Waals surface area contributed by atoms with Gasteiger partial charge in [-0.15, -0.1) is 0 Å². The van der Waals surface area contributed by atoms with Gasteiger partial charge in [-0.1, -0.05) is 20.8 Å². The fourth-order valence-electron chi connectivity index (χ4n) is 3.49. The number of rotatable bonds is 3. The molecule has 0 aliphatic heterocycles. The van der Waals surface area contributed by atoms with E-state index < -0.39 is 5.60 Å². The molecule has 1 N–H and O–H groups in total. The molecule has 0 heterocycles. The second kappa shape index (κ2) is 4.71. The third-order valence-electron chi connectivity index (χ3n) is 4.30. The average Bonchev–Trinajstić information content (AvgIpc) is 2.57. The van der Waals surface area contributed by atoms with Crippen molar-refractivity contribution in [1.29, 1.82) is 0 Å². The van der Waals surface area contributed by atoms with Gasteiger partial charge in [-0.05, 0) is 36.3 Å². The van der Waals surface area contributed by atoms with Gasteiger partial charge in [-0.25, -0.2) is 0 Å². The SMILES string of the molecule is COc1ccc(C2(O)CC(C)(C)CC2C)c(OC)c1. The van der Waals surface area contributed by atoms with Crippen LogP contribution in [0.15, 0.2) is 18.2 Å². The number of hydrogen-bond donors (Lipinski definition) is 1. The van der Waals surface area contributed by atoms with Crippen molar-refractivity contribution in [3.05, 3.63) is 23.8 Å². The highest BCUT2D eigenvalue weighted by Gasteiger charge is 2.49. The first kappa shape index (κ1) is 14.2. The van der Waals surface area contributed by atoms with Gasteiger partial charge in [-0.3, -0.25) is 0 Å². The zero-order valence-electron chi connectivity index (χ0n) is 12.5. The van der Waals surface area contributed by atoms with Crippen LogP contribution < -0.4 is 9.47 Å². The Kier molecular flexibility index (Phi) is 3.52. The highest BCUT2D eigenvalue weighted by atomic mass is 16.5. The van der Waals surface area contributed by atoms with Crippen LogP contribution in [0.25, 0.3) is 0 Å². The molecular weight excluding hydrogens is 240 g/mol. The number of hydrogen-bond acceptors (Lipinski definition) is 3. The minimum atomic E-state index is -0.818. The van der Waals surface area contributed by atoms with E-state index in [0.717, 1.165) is 24.2 Å². The number of ether oxygens (including phenoxy) is 2. The second-order valence-electron chi connectivity index (χ2n) is 6.44. The molecule has 1 aromatic carbocycles. The van der Waals surface area contributed by atoms with Gasteiger partial charge in [0, 0.05) is 11.6 Å². The molecule has 2 rings (SSSR count). The topological polar surface area (TPSA) is 38.7 Å². The molecule has 1 aromatic rings. The molecule has 19 heavy (non-hydrogen) atoms. The van der Waals surface area contributed by atoms with Gasteiger partial charge >= 0.3 is 0 Å². The molecule has 0 spiro atoms. The lowest BCUT2D eigenvalue weighted by Gasteiger charge is -2.30. The molecule has 0 bridgehead atoms. The zero-order valence-corrected chi connectivity index (χ0v) is 12.5. The predicted molar refractivity (Wildman–Crippen MR) is 75.6 cm³/mol. The van der Waals surface area contributed by atoms with E-state index in [1.54, 1.807) is 14.2 Å². The summed E-state index contributed by atoms with van der Waals surface area (Å²) < 4.78 is 10.7. The summed E-state index contributed by atoms with van der Waals surface area (Å²) in [5.74, 6) is 1.66. The Balaban J connectivity index is 2.46. The summed E-state index contributed by atoms with van der Waals surface area (Å²) >= 11 is 0. The molecule has 106 valence electrons. The van der Waals surface area contributed by atoms with Crippen molar-refractivity contribution >= 4 is 0 Å². The minimum absolute atomic E-state index is 0.152. The van der Waals surface area contributed by atoms with Gasteiger partial charge in [0.25, 0.3) is 0 Å². The largest absolute Gasteiger partial charge is 0.497 e. The highest BCUT2D eigenvalue weighted by molar-refractivity contribution is 5.45. The Morgan fingerprint density at radius 1 is 1.21 bits per heavy atom. The quantitative estimate of drug-likeness (QED) is 0.910.